The summed E-state index contributed by atoms with van der Waals surface area (Å²) in [4.78, 5) is 24.6. The molecule has 102 valence electrons. The number of nitrogens with zero attached hydrogens (tertiary/aromatic N) is 2. The third-order valence-electron chi connectivity index (χ3n) is 3.31. The molecule has 0 fully saturated rings. The smallest absolute Gasteiger partial charge is 0.332 e. The van der Waals surface area contributed by atoms with Gasteiger partial charge in [0.25, 0.3) is 5.56 Å². The molecule has 1 unspecified atom stereocenters. The Morgan fingerprint density at radius 1 is 1.32 bits per heavy atom. The molecule has 0 saturated carbocycles. The van der Waals surface area contributed by atoms with Gasteiger partial charge in [-0.15, -0.1) is 0 Å². The Morgan fingerprint density at radius 3 is 2.58 bits per heavy atom. The number of benzene rings is 1. The zero-order valence-corrected chi connectivity index (χ0v) is 11.4. The van der Waals surface area contributed by atoms with Gasteiger partial charge in [-0.1, -0.05) is 0 Å². The zero-order chi connectivity index (χ0) is 14.2. The van der Waals surface area contributed by atoms with Crippen LogP contribution in [0.2, 0.25) is 0 Å². The standard InChI is InChI=1S/C13H17N3O3/c1-8(14-2)16-12(17)10-7-9(19-4)5-6-11(10)15(3)13(16)18/h5-8,14H,1-4H3. The van der Waals surface area contributed by atoms with E-state index in [9.17, 15) is 9.59 Å². The van der Waals surface area contributed by atoms with E-state index in [4.69, 9.17) is 4.74 Å². The molecule has 1 heterocycles. The Labute approximate surface area is 110 Å². The molecule has 0 spiro atoms. The van der Waals surface area contributed by atoms with Crippen LogP contribution in [0.4, 0.5) is 0 Å². The fourth-order valence-corrected chi connectivity index (χ4v) is 2.06. The quantitative estimate of drug-likeness (QED) is 0.873. The summed E-state index contributed by atoms with van der Waals surface area (Å²) >= 11 is 0. The van der Waals surface area contributed by atoms with Gasteiger partial charge in [0.1, 0.15) is 5.75 Å². The summed E-state index contributed by atoms with van der Waals surface area (Å²) in [6.45, 7) is 1.76. The van der Waals surface area contributed by atoms with Crippen molar-refractivity contribution < 1.29 is 4.74 Å². The van der Waals surface area contributed by atoms with Crippen molar-refractivity contribution in [2.75, 3.05) is 14.2 Å². The number of fused-ring (bicyclic) bond motifs is 1. The number of nitrogens with one attached hydrogen (secondary N) is 1. The van der Waals surface area contributed by atoms with Gasteiger partial charge in [0.15, 0.2) is 0 Å². The van der Waals surface area contributed by atoms with Crippen LogP contribution < -0.4 is 21.3 Å². The largest absolute Gasteiger partial charge is 0.497 e. The third-order valence-corrected chi connectivity index (χ3v) is 3.31. The minimum atomic E-state index is -0.373. The summed E-state index contributed by atoms with van der Waals surface area (Å²) in [6, 6.07) is 5.09. The van der Waals surface area contributed by atoms with Gasteiger partial charge in [0.2, 0.25) is 0 Å². The van der Waals surface area contributed by atoms with Crippen molar-refractivity contribution in [3.8, 4) is 5.75 Å². The molecule has 0 aliphatic rings. The van der Waals surface area contributed by atoms with Crippen LogP contribution in [0.1, 0.15) is 13.1 Å². The number of rotatable bonds is 3. The van der Waals surface area contributed by atoms with Crippen molar-refractivity contribution in [2.45, 2.75) is 13.1 Å². The Hall–Kier alpha value is -2.08. The van der Waals surface area contributed by atoms with Crippen LogP contribution >= 0.6 is 0 Å². The second-order valence-electron chi connectivity index (χ2n) is 4.36. The molecule has 19 heavy (non-hydrogen) atoms. The van der Waals surface area contributed by atoms with Gasteiger partial charge >= 0.3 is 5.69 Å². The number of aromatic nitrogens is 2. The van der Waals surface area contributed by atoms with E-state index in [2.05, 4.69) is 5.32 Å². The van der Waals surface area contributed by atoms with Crippen molar-refractivity contribution in [3.05, 3.63) is 39.0 Å². The second kappa shape index (κ2) is 4.89. The number of methoxy groups -OCH3 is 1. The second-order valence-corrected chi connectivity index (χ2v) is 4.36. The lowest BCUT2D eigenvalue weighted by Gasteiger charge is -2.16. The van der Waals surface area contributed by atoms with Crippen molar-refractivity contribution in [1.29, 1.82) is 0 Å². The van der Waals surface area contributed by atoms with Gasteiger partial charge in [0, 0.05) is 7.05 Å². The van der Waals surface area contributed by atoms with Crippen LogP contribution in [0.5, 0.6) is 5.75 Å². The van der Waals surface area contributed by atoms with E-state index < -0.39 is 0 Å². The van der Waals surface area contributed by atoms with Crippen LogP contribution in [-0.2, 0) is 7.05 Å². The molecule has 2 rings (SSSR count). The van der Waals surface area contributed by atoms with Crippen molar-refractivity contribution in [1.82, 2.24) is 14.5 Å². The van der Waals surface area contributed by atoms with E-state index in [-0.39, 0.29) is 17.4 Å². The molecule has 2 aromatic rings. The first-order valence-electron chi connectivity index (χ1n) is 5.97. The molecule has 6 nitrogen and oxygen atoms in total. The molecular formula is C13H17N3O3. The van der Waals surface area contributed by atoms with Crippen LogP contribution in [-0.4, -0.2) is 23.3 Å². The first kappa shape index (κ1) is 13.4. The maximum Gasteiger partial charge on any atom is 0.332 e. The van der Waals surface area contributed by atoms with E-state index >= 15 is 0 Å². The van der Waals surface area contributed by atoms with Gasteiger partial charge in [-0.2, -0.15) is 0 Å². The van der Waals surface area contributed by atoms with E-state index in [0.29, 0.717) is 16.7 Å². The van der Waals surface area contributed by atoms with E-state index in [1.165, 1.54) is 16.2 Å². The highest BCUT2D eigenvalue weighted by Crippen LogP contribution is 2.16. The van der Waals surface area contributed by atoms with Gasteiger partial charge in [-0.3, -0.25) is 9.36 Å². The monoisotopic (exact) mass is 263 g/mol. The number of hydrogen-bond donors (Lipinski definition) is 1. The molecule has 0 amide bonds. The minimum absolute atomic E-state index is 0.321. The summed E-state index contributed by atoms with van der Waals surface area (Å²) in [7, 11) is 4.89. The minimum Gasteiger partial charge on any atom is -0.497 e. The molecule has 0 aliphatic carbocycles. The molecule has 1 atom stereocenters. The Morgan fingerprint density at radius 2 is 2.00 bits per heavy atom. The number of hydrogen-bond acceptors (Lipinski definition) is 4. The normalized spacial score (nSPS) is 12.6. The molecule has 0 bridgehead atoms. The van der Waals surface area contributed by atoms with Crippen LogP contribution in [0.15, 0.2) is 27.8 Å². The fourth-order valence-electron chi connectivity index (χ4n) is 2.06. The van der Waals surface area contributed by atoms with Crippen LogP contribution in [0.3, 0.4) is 0 Å². The zero-order valence-electron chi connectivity index (χ0n) is 11.4. The molecule has 0 aliphatic heterocycles. The van der Waals surface area contributed by atoms with Gasteiger partial charge in [-0.05, 0) is 32.2 Å². The summed E-state index contributed by atoms with van der Waals surface area (Å²) in [5, 5.41) is 3.36. The lowest BCUT2D eigenvalue weighted by molar-refractivity contribution is 0.414. The summed E-state index contributed by atoms with van der Waals surface area (Å²) < 4.78 is 7.78. The topological polar surface area (TPSA) is 65.3 Å². The third kappa shape index (κ3) is 2.04. The predicted molar refractivity (Wildman–Crippen MR) is 73.8 cm³/mol. The van der Waals surface area contributed by atoms with Crippen molar-refractivity contribution in [3.63, 3.8) is 0 Å². The highest BCUT2D eigenvalue weighted by atomic mass is 16.5. The number of ether oxygens (including phenoxy) is 1. The average Bonchev–Trinajstić information content (AvgIpc) is 2.44. The molecule has 1 aromatic carbocycles. The lowest BCUT2D eigenvalue weighted by Crippen LogP contribution is -2.44. The maximum atomic E-state index is 12.4. The molecule has 1 N–H and O–H groups in total. The van der Waals surface area contributed by atoms with Gasteiger partial charge in [0.05, 0.1) is 24.2 Å². The number of aryl methyl sites for hydroxylation is 1. The van der Waals surface area contributed by atoms with Crippen molar-refractivity contribution >= 4 is 10.9 Å². The van der Waals surface area contributed by atoms with Crippen LogP contribution in [0.25, 0.3) is 10.9 Å². The highest BCUT2D eigenvalue weighted by molar-refractivity contribution is 5.79. The Bertz CT molecular complexity index is 730. The Kier molecular flexibility index (Phi) is 3.44. The Balaban J connectivity index is 2.93. The summed E-state index contributed by atoms with van der Waals surface area (Å²) in [5.41, 5.74) is -0.0706. The lowest BCUT2D eigenvalue weighted by atomic mass is 10.2. The first-order valence-corrected chi connectivity index (χ1v) is 5.97. The maximum absolute atomic E-state index is 12.4. The fraction of sp³-hybridized carbons (Fsp3) is 0.385. The average molecular weight is 263 g/mol. The molecule has 0 radical (unpaired) electrons. The molecule has 1 aromatic heterocycles. The molecular weight excluding hydrogens is 246 g/mol. The highest BCUT2D eigenvalue weighted by Gasteiger charge is 2.14. The predicted octanol–water partition coefficient (Wildman–Crippen LogP) is 0.447. The van der Waals surface area contributed by atoms with E-state index in [1.807, 2.05) is 0 Å². The molecule has 6 heteroatoms. The summed E-state index contributed by atoms with van der Waals surface area (Å²) in [6.07, 6.45) is -0.373. The molecule has 0 saturated heterocycles. The van der Waals surface area contributed by atoms with Gasteiger partial charge < -0.3 is 10.1 Å². The summed E-state index contributed by atoms with van der Waals surface area (Å²) in [5.74, 6) is 0.590. The van der Waals surface area contributed by atoms with Gasteiger partial charge in [-0.25, -0.2) is 9.36 Å². The first-order chi connectivity index (χ1) is 9.01. The van der Waals surface area contributed by atoms with Crippen molar-refractivity contribution in [2.24, 2.45) is 7.05 Å². The van der Waals surface area contributed by atoms with Crippen LogP contribution in [0, 0.1) is 0 Å². The van der Waals surface area contributed by atoms with E-state index in [1.54, 1.807) is 39.2 Å². The SMILES string of the molecule is CNC(C)n1c(=O)c2cc(OC)ccc2n(C)c1=O. The van der Waals surface area contributed by atoms with E-state index in [0.717, 1.165) is 0 Å².